The number of rotatable bonds is 2. The Hall–Kier alpha value is -3.76. The molecule has 2 N–H and O–H groups in total. The number of allylic oxidation sites excluding steroid dienone is 2. The van der Waals surface area contributed by atoms with E-state index in [2.05, 4.69) is 41.8 Å². The van der Waals surface area contributed by atoms with Crippen LogP contribution in [0.5, 0.6) is 11.7 Å². The Morgan fingerprint density at radius 1 is 1.00 bits per heavy atom. The number of halogens is 2. The molecular formula is C26H18Br2N2O6. The number of phenols is 1. The van der Waals surface area contributed by atoms with Gasteiger partial charge in [0, 0.05) is 29.5 Å². The fourth-order valence-electron chi connectivity index (χ4n) is 3.45. The van der Waals surface area contributed by atoms with Crippen LogP contribution in [-0.2, 0) is 14.3 Å². The van der Waals surface area contributed by atoms with Crippen LogP contribution in [0, 0.1) is 6.92 Å². The van der Waals surface area contributed by atoms with Crippen molar-refractivity contribution in [3.63, 3.8) is 0 Å². The van der Waals surface area contributed by atoms with Crippen molar-refractivity contribution >= 4 is 73.3 Å². The van der Waals surface area contributed by atoms with Gasteiger partial charge in [-0.1, -0.05) is 46.3 Å². The maximum Gasteiger partial charge on any atom is 0.363 e. The molecule has 8 nitrogen and oxygen atoms in total. The van der Waals surface area contributed by atoms with Crippen LogP contribution in [0.2, 0.25) is 0 Å². The number of hydrogen-bond acceptors (Lipinski definition) is 8. The highest BCUT2D eigenvalue weighted by atomic mass is 79.9. The maximum atomic E-state index is 12.0. The van der Waals surface area contributed by atoms with Crippen LogP contribution in [0.4, 0.5) is 0 Å². The first kappa shape index (κ1) is 25.3. The number of phenolic OH excluding ortho intramolecular Hbond substituents is 1. The van der Waals surface area contributed by atoms with Gasteiger partial charge >= 0.3 is 11.9 Å². The van der Waals surface area contributed by atoms with E-state index in [0.29, 0.717) is 27.4 Å². The van der Waals surface area contributed by atoms with Crippen LogP contribution in [0.25, 0.3) is 23.8 Å². The van der Waals surface area contributed by atoms with Crippen LogP contribution < -0.4 is 0 Å². The molecule has 0 radical (unpaired) electrons. The van der Waals surface area contributed by atoms with E-state index in [4.69, 9.17) is 9.15 Å². The lowest BCUT2D eigenvalue weighted by atomic mass is 9.91. The molecule has 182 valence electrons. The number of aromatic hydroxyl groups is 2. The summed E-state index contributed by atoms with van der Waals surface area (Å²) in [4.78, 5) is 31.3. The van der Waals surface area contributed by atoms with E-state index in [9.17, 15) is 19.8 Å². The Balaban J connectivity index is 0.000000170. The molecule has 0 saturated carbocycles. The summed E-state index contributed by atoms with van der Waals surface area (Å²) >= 11 is 6.51. The van der Waals surface area contributed by atoms with Gasteiger partial charge in [0.05, 0.1) is 4.47 Å². The predicted molar refractivity (Wildman–Crippen MR) is 142 cm³/mol. The summed E-state index contributed by atoms with van der Waals surface area (Å²) in [5.41, 5.74) is 3.22. The minimum absolute atomic E-state index is 0.0493. The van der Waals surface area contributed by atoms with Gasteiger partial charge in [-0.05, 0) is 57.4 Å². The molecule has 2 aliphatic rings. The number of ketones is 1. The van der Waals surface area contributed by atoms with Gasteiger partial charge in [0.25, 0.3) is 0 Å². The zero-order valence-corrected chi connectivity index (χ0v) is 22.1. The van der Waals surface area contributed by atoms with Crippen LogP contribution in [-0.4, -0.2) is 32.8 Å². The second-order valence-corrected chi connectivity index (χ2v) is 9.41. The number of oxazole rings is 1. The van der Waals surface area contributed by atoms with Crippen LogP contribution in [0.1, 0.15) is 35.2 Å². The van der Waals surface area contributed by atoms with E-state index in [-0.39, 0.29) is 28.9 Å². The molecule has 1 aliphatic heterocycles. The normalized spacial score (nSPS) is 16.5. The molecule has 0 unspecified atom stereocenters. The molecule has 0 atom stereocenters. The van der Waals surface area contributed by atoms with E-state index in [1.165, 1.54) is 12.2 Å². The lowest BCUT2D eigenvalue weighted by Crippen LogP contribution is -2.04. The molecule has 1 aliphatic carbocycles. The number of aryl methyl sites for hydroxylation is 1. The predicted octanol–water partition coefficient (Wildman–Crippen LogP) is 6.06. The molecule has 0 saturated heterocycles. The summed E-state index contributed by atoms with van der Waals surface area (Å²) in [6, 6.07) is 11.0. The third-order valence-electron chi connectivity index (χ3n) is 5.03. The van der Waals surface area contributed by atoms with Crippen molar-refractivity contribution in [1.82, 2.24) is 4.98 Å². The largest absolute Gasteiger partial charge is 0.506 e. The zero-order valence-electron chi connectivity index (χ0n) is 19.0. The van der Waals surface area contributed by atoms with Crippen molar-refractivity contribution in [3.8, 4) is 11.7 Å². The van der Waals surface area contributed by atoms with Gasteiger partial charge in [0.1, 0.15) is 11.4 Å². The fourth-order valence-corrected chi connectivity index (χ4v) is 4.70. The Morgan fingerprint density at radius 3 is 2.42 bits per heavy atom. The van der Waals surface area contributed by atoms with Crippen molar-refractivity contribution in [2.24, 2.45) is 4.99 Å². The van der Waals surface area contributed by atoms with Crippen LogP contribution in [0.15, 0.2) is 66.5 Å². The van der Waals surface area contributed by atoms with Gasteiger partial charge in [-0.3, -0.25) is 4.79 Å². The van der Waals surface area contributed by atoms with Gasteiger partial charge in [-0.2, -0.15) is 0 Å². The van der Waals surface area contributed by atoms with Crippen LogP contribution >= 0.6 is 31.9 Å². The number of ether oxygens (including phenoxy) is 1. The number of esters is 1. The molecule has 5 rings (SSSR count). The fraction of sp³-hybridized carbons (Fsp3) is 0.0769. The summed E-state index contributed by atoms with van der Waals surface area (Å²) < 4.78 is 11.0. The molecule has 0 amide bonds. The topological polar surface area (TPSA) is 122 Å². The zero-order chi connectivity index (χ0) is 26.0. The Bertz CT molecular complexity index is 1510. The molecule has 0 spiro atoms. The lowest BCUT2D eigenvalue weighted by molar-refractivity contribution is -0.130. The third-order valence-corrected chi connectivity index (χ3v) is 6.09. The van der Waals surface area contributed by atoms with E-state index < -0.39 is 5.97 Å². The molecule has 1 aromatic heterocycles. The number of cyclic esters (lactones) is 1. The van der Waals surface area contributed by atoms with Crippen molar-refractivity contribution < 1.29 is 29.0 Å². The molecule has 10 heteroatoms. The average molecular weight is 614 g/mol. The summed E-state index contributed by atoms with van der Waals surface area (Å²) in [6.45, 7) is 3.23. The maximum absolute atomic E-state index is 12.0. The quantitative estimate of drug-likeness (QED) is 0.266. The van der Waals surface area contributed by atoms with Gasteiger partial charge in [0.15, 0.2) is 23.3 Å². The molecule has 0 bridgehead atoms. The number of benzene rings is 2. The first-order valence-corrected chi connectivity index (χ1v) is 12.1. The summed E-state index contributed by atoms with van der Waals surface area (Å²) in [7, 11) is 0. The van der Waals surface area contributed by atoms with Gasteiger partial charge in [-0.25, -0.2) is 14.8 Å². The van der Waals surface area contributed by atoms with Crippen molar-refractivity contribution in [2.45, 2.75) is 13.8 Å². The highest BCUT2D eigenvalue weighted by Crippen LogP contribution is 2.34. The molecule has 2 aromatic carbocycles. The third kappa shape index (κ3) is 5.55. The van der Waals surface area contributed by atoms with Gasteiger partial charge < -0.3 is 19.4 Å². The number of hydrogen-bond donors (Lipinski definition) is 2. The lowest BCUT2D eigenvalue weighted by Gasteiger charge is -2.12. The summed E-state index contributed by atoms with van der Waals surface area (Å²) in [5.74, 6) is -0.193. The Kier molecular flexibility index (Phi) is 7.37. The number of aromatic nitrogens is 1. The van der Waals surface area contributed by atoms with E-state index >= 15 is 0 Å². The van der Waals surface area contributed by atoms with E-state index in [1.807, 2.05) is 24.3 Å². The molecule has 3 aromatic rings. The van der Waals surface area contributed by atoms with Crippen molar-refractivity contribution in [1.29, 1.82) is 0 Å². The molecular weight excluding hydrogens is 596 g/mol. The SMILES string of the molecule is CC1=N/C(=C\c2cc(Br)cc(Br)c2O)C(=O)O1.Cc1nc(C=C2C(=O)C=Cc3ccccc32)c(O)o1. The molecule has 0 fully saturated rings. The molecule has 36 heavy (non-hydrogen) atoms. The van der Waals surface area contributed by atoms with E-state index in [1.54, 1.807) is 38.1 Å². The second-order valence-electron chi connectivity index (χ2n) is 7.64. The second kappa shape index (κ2) is 10.5. The van der Waals surface area contributed by atoms with Gasteiger partial charge in [0.2, 0.25) is 0 Å². The first-order valence-electron chi connectivity index (χ1n) is 10.5. The summed E-state index contributed by atoms with van der Waals surface area (Å²) in [5, 5.41) is 19.4. The van der Waals surface area contributed by atoms with Gasteiger partial charge in [-0.15, -0.1) is 0 Å². The number of carbonyl (C=O) groups is 2. The Morgan fingerprint density at radius 2 is 1.75 bits per heavy atom. The number of fused-ring (bicyclic) bond motifs is 1. The molecule has 2 heterocycles. The standard InChI is InChI=1S/C15H11NO3.C11H7Br2NO3/c1-9-16-13(15(18)19-9)8-12-11-5-3-2-4-10(11)6-7-14(12)17;1-5-14-9(11(16)17-5)3-6-2-7(12)4-8(13)10(6)15/h2-8,18H,1H3;2-4,15H,1H3/b;9-3-. The van der Waals surface area contributed by atoms with Crippen molar-refractivity contribution in [3.05, 3.63) is 85.4 Å². The smallest absolute Gasteiger partial charge is 0.363 e. The number of aliphatic imine (C=N–C) groups is 1. The minimum atomic E-state index is -0.516. The highest BCUT2D eigenvalue weighted by Gasteiger charge is 2.21. The Labute approximate surface area is 222 Å². The highest BCUT2D eigenvalue weighted by molar-refractivity contribution is 9.11. The monoisotopic (exact) mass is 612 g/mol. The van der Waals surface area contributed by atoms with Crippen molar-refractivity contribution in [2.75, 3.05) is 0 Å². The first-order chi connectivity index (χ1) is 17.1. The minimum Gasteiger partial charge on any atom is -0.506 e. The van der Waals surface area contributed by atoms with E-state index in [0.717, 1.165) is 15.6 Å². The number of nitrogens with zero attached hydrogens (tertiary/aromatic N) is 2. The summed E-state index contributed by atoms with van der Waals surface area (Å²) in [6.07, 6.45) is 6.32. The van der Waals surface area contributed by atoms with Crippen LogP contribution in [0.3, 0.4) is 0 Å². The average Bonchev–Trinajstić information content (AvgIpc) is 3.32. The number of carbonyl (C=O) groups excluding carboxylic acids is 2.